The molecule has 0 saturated heterocycles. The van der Waals surface area contributed by atoms with Crippen molar-refractivity contribution in [3.05, 3.63) is 48.0 Å². The normalized spacial score (nSPS) is 14.1. The lowest BCUT2D eigenvalue weighted by atomic mass is 10.1. The van der Waals surface area contributed by atoms with Crippen molar-refractivity contribution in [3.8, 4) is 23.1 Å². The molecule has 1 aliphatic rings. The fraction of sp³-hybridized carbons (Fsp3) is 0.348. The number of nitriles is 1. The quantitative estimate of drug-likeness (QED) is 0.464. The van der Waals surface area contributed by atoms with Crippen molar-refractivity contribution in [3.63, 3.8) is 0 Å². The third kappa shape index (κ3) is 5.26. The summed E-state index contributed by atoms with van der Waals surface area (Å²) in [6, 6.07) is 13.3. The number of hydrogen-bond acceptors (Lipinski definition) is 4. The van der Waals surface area contributed by atoms with Crippen LogP contribution in [0, 0.1) is 17.2 Å². The molecule has 33 heavy (non-hydrogen) atoms. The average molecular weight is 475 g/mol. The van der Waals surface area contributed by atoms with E-state index in [4.69, 9.17) is 0 Å². The van der Waals surface area contributed by atoms with Gasteiger partial charge in [-0.1, -0.05) is 12.1 Å². The number of hydrogen-bond donors (Lipinski definition) is 2. The third-order valence-electron chi connectivity index (χ3n) is 5.31. The highest BCUT2D eigenvalue weighted by molar-refractivity contribution is 7.90. The smallest absolute Gasteiger partial charge is 0.387 e. The van der Waals surface area contributed by atoms with Gasteiger partial charge in [-0.25, -0.2) is 0 Å². The van der Waals surface area contributed by atoms with Gasteiger partial charge in [-0.3, -0.25) is 4.72 Å². The molecule has 3 aromatic rings. The average Bonchev–Trinajstić information content (AvgIpc) is 3.49. The summed E-state index contributed by atoms with van der Waals surface area (Å²) < 4.78 is 61.2. The molecule has 7 nitrogen and oxygen atoms in total. The molecule has 1 saturated carbocycles. The molecule has 0 spiro atoms. The van der Waals surface area contributed by atoms with E-state index in [9.17, 15) is 22.5 Å². The summed E-state index contributed by atoms with van der Waals surface area (Å²) in [7, 11) is -3.71. The highest BCUT2D eigenvalue weighted by Gasteiger charge is 2.27. The maximum atomic E-state index is 12.7. The Labute approximate surface area is 191 Å². The van der Waals surface area contributed by atoms with Gasteiger partial charge in [0.05, 0.1) is 16.8 Å². The molecule has 0 amide bonds. The predicted molar refractivity (Wildman–Crippen MR) is 122 cm³/mol. The Morgan fingerprint density at radius 2 is 1.88 bits per heavy atom. The van der Waals surface area contributed by atoms with Gasteiger partial charge in [0.15, 0.2) is 0 Å². The van der Waals surface area contributed by atoms with Crippen LogP contribution in [0.4, 0.5) is 14.5 Å². The summed E-state index contributed by atoms with van der Waals surface area (Å²) in [5, 5.41) is 10.6. The van der Waals surface area contributed by atoms with E-state index in [0.29, 0.717) is 40.3 Å². The van der Waals surface area contributed by atoms with Gasteiger partial charge in [-0.15, -0.1) is 0 Å². The van der Waals surface area contributed by atoms with E-state index in [1.165, 1.54) is 12.1 Å². The Balaban J connectivity index is 1.77. The number of nitrogens with zero attached hydrogens (tertiary/aromatic N) is 2. The van der Waals surface area contributed by atoms with Crippen molar-refractivity contribution in [2.45, 2.75) is 45.9 Å². The molecule has 0 unspecified atom stereocenters. The lowest BCUT2D eigenvalue weighted by Crippen LogP contribution is -2.35. The largest absolute Gasteiger partial charge is 0.435 e. The highest BCUT2D eigenvalue weighted by atomic mass is 32.2. The molecule has 1 fully saturated rings. The Bertz CT molecular complexity index is 1310. The predicted octanol–water partition coefficient (Wildman–Crippen LogP) is 4.85. The molecule has 10 heteroatoms. The molecule has 4 rings (SSSR count). The fourth-order valence-corrected chi connectivity index (χ4v) is 4.98. The maximum absolute atomic E-state index is 12.7. The van der Waals surface area contributed by atoms with Crippen LogP contribution in [0.15, 0.2) is 42.5 Å². The number of ether oxygens (including phenoxy) is 1. The van der Waals surface area contributed by atoms with Gasteiger partial charge in [0, 0.05) is 29.7 Å². The van der Waals surface area contributed by atoms with Crippen LogP contribution in [0.1, 0.15) is 32.3 Å². The summed E-state index contributed by atoms with van der Waals surface area (Å²) in [4.78, 5) is 0. The van der Waals surface area contributed by atoms with Crippen molar-refractivity contribution in [2.75, 3.05) is 4.72 Å². The van der Waals surface area contributed by atoms with Crippen molar-refractivity contribution >= 4 is 26.8 Å². The molecule has 1 heterocycles. The molecule has 174 valence electrons. The summed E-state index contributed by atoms with van der Waals surface area (Å²) in [6.07, 6.45) is 2.13. The van der Waals surface area contributed by atoms with Crippen LogP contribution in [0.5, 0.6) is 5.75 Å². The first-order chi connectivity index (χ1) is 15.7. The number of benzene rings is 2. The summed E-state index contributed by atoms with van der Waals surface area (Å²) >= 11 is 0. The van der Waals surface area contributed by atoms with Crippen LogP contribution in [-0.2, 0) is 16.8 Å². The highest BCUT2D eigenvalue weighted by Crippen LogP contribution is 2.40. The molecule has 2 N–H and O–H groups in total. The van der Waals surface area contributed by atoms with Crippen LogP contribution in [0.3, 0.4) is 0 Å². The van der Waals surface area contributed by atoms with Crippen LogP contribution < -0.4 is 14.2 Å². The second kappa shape index (κ2) is 9.00. The van der Waals surface area contributed by atoms with E-state index in [0.717, 1.165) is 18.4 Å². The second-order valence-electron chi connectivity index (χ2n) is 8.40. The third-order valence-corrected chi connectivity index (χ3v) is 6.60. The zero-order chi connectivity index (χ0) is 23.8. The molecule has 1 aromatic heterocycles. The van der Waals surface area contributed by atoms with Crippen LogP contribution in [0.2, 0.25) is 0 Å². The molecule has 0 radical (unpaired) electrons. The zero-order valence-electron chi connectivity index (χ0n) is 18.2. The number of anilines is 1. The molecule has 0 atom stereocenters. The first-order valence-corrected chi connectivity index (χ1v) is 12.1. The van der Waals surface area contributed by atoms with Gasteiger partial charge in [-0.2, -0.15) is 27.2 Å². The topological polar surface area (TPSA) is 96.2 Å². The van der Waals surface area contributed by atoms with E-state index in [-0.39, 0.29) is 11.8 Å². The van der Waals surface area contributed by atoms with Gasteiger partial charge >= 0.3 is 6.61 Å². The van der Waals surface area contributed by atoms with E-state index >= 15 is 0 Å². The van der Waals surface area contributed by atoms with Crippen molar-refractivity contribution in [2.24, 2.45) is 5.92 Å². The summed E-state index contributed by atoms with van der Waals surface area (Å²) in [6.45, 7) is 1.16. The van der Waals surface area contributed by atoms with Crippen molar-refractivity contribution in [1.29, 1.82) is 5.26 Å². The van der Waals surface area contributed by atoms with E-state index in [1.807, 2.05) is 4.57 Å². The maximum Gasteiger partial charge on any atom is 0.387 e. The minimum Gasteiger partial charge on any atom is -0.435 e. The Kier molecular flexibility index (Phi) is 6.28. The summed E-state index contributed by atoms with van der Waals surface area (Å²) in [5.41, 5.74) is 2.85. The van der Waals surface area contributed by atoms with Gasteiger partial charge in [0.25, 0.3) is 10.2 Å². The van der Waals surface area contributed by atoms with Crippen molar-refractivity contribution in [1.82, 2.24) is 9.29 Å². The summed E-state index contributed by atoms with van der Waals surface area (Å²) in [5.74, 6) is 0.490. The Morgan fingerprint density at radius 3 is 2.45 bits per heavy atom. The van der Waals surface area contributed by atoms with Crippen LogP contribution in [0.25, 0.3) is 22.2 Å². The molecule has 1 aliphatic carbocycles. The minimum absolute atomic E-state index is 0.0329. The Hall–Kier alpha value is -3.16. The van der Waals surface area contributed by atoms with Gasteiger partial charge < -0.3 is 9.30 Å². The number of aromatic nitrogens is 1. The van der Waals surface area contributed by atoms with E-state index in [2.05, 4.69) is 20.3 Å². The number of nitrogens with one attached hydrogen (secondary N) is 2. The second-order valence-corrected chi connectivity index (χ2v) is 9.85. The minimum atomic E-state index is -3.71. The first kappa shape index (κ1) is 23.0. The van der Waals surface area contributed by atoms with Gasteiger partial charge in [-0.05, 0) is 62.4 Å². The number of alkyl halides is 2. The molecular weight excluding hydrogens is 450 g/mol. The lowest BCUT2D eigenvalue weighted by molar-refractivity contribution is -0.0497. The first-order valence-electron chi connectivity index (χ1n) is 10.6. The number of rotatable bonds is 9. The molecule has 0 aliphatic heterocycles. The molecule has 2 aromatic carbocycles. The number of halogens is 2. The van der Waals surface area contributed by atoms with Crippen molar-refractivity contribution < 1.29 is 21.9 Å². The van der Waals surface area contributed by atoms with Gasteiger partial charge in [0.2, 0.25) is 0 Å². The molecular formula is C23H24F2N4O3S. The molecule has 0 bridgehead atoms. The van der Waals surface area contributed by atoms with Crippen LogP contribution in [-0.4, -0.2) is 25.6 Å². The zero-order valence-corrected chi connectivity index (χ0v) is 19.0. The Morgan fingerprint density at radius 1 is 1.18 bits per heavy atom. The SMILES string of the molecule is CC(C)NS(=O)(=O)Nc1ccc(-c2c(C#N)c3ccc(OC(F)F)cc3n2CC2CC2)cc1. The monoisotopic (exact) mass is 474 g/mol. The standard InChI is InChI=1S/C23H24F2N4O3S/c1-14(2)27-33(30,31)28-17-7-5-16(6-8-17)22-20(12-26)19-10-9-18(32-23(24)25)11-21(19)29(22)13-15-3-4-15/h5-11,14-15,23,27-28H,3-4,13H2,1-2H3. The number of fused-ring (bicyclic) bond motifs is 1. The van der Waals surface area contributed by atoms with Crippen LogP contribution >= 0.6 is 0 Å². The fourth-order valence-electron chi connectivity index (χ4n) is 3.86. The lowest BCUT2D eigenvalue weighted by Gasteiger charge is -2.14. The van der Waals surface area contributed by atoms with E-state index in [1.54, 1.807) is 44.2 Å². The van der Waals surface area contributed by atoms with Gasteiger partial charge in [0.1, 0.15) is 11.8 Å². The van der Waals surface area contributed by atoms with E-state index < -0.39 is 16.8 Å².